The summed E-state index contributed by atoms with van der Waals surface area (Å²) < 4.78 is 6.57. The van der Waals surface area contributed by atoms with Crippen LogP contribution in [0.3, 0.4) is 0 Å². The predicted molar refractivity (Wildman–Crippen MR) is 85.9 cm³/mol. The van der Waals surface area contributed by atoms with E-state index in [9.17, 15) is 9.59 Å². The first kappa shape index (κ1) is 17.6. The fraction of sp³-hybridized carbons (Fsp3) is 0.375. The molecule has 0 saturated heterocycles. The van der Waals surface area contributed by atoms with Gasteiger partial charge in [-0.1, -0.05) is 23.4 Å². The standard InChI is InChI=1S/C16H20N4O4/c1-12-14(17-18-20(12)13-6-4-3-5-7-13)10-15(21)19(8-9-24-2)11-16(22)23/h3-7H,8-11H2,1-2H3,(H,22,23). The average Bonchev–Trinajstić information content (AvgIpc) is 2.92. The maximum atomic E-state index is 12.4. The van der Waals surface area contributed by atoms with Gasteiger partial charge >= 0.3 is 5.97 Å². The molecule has 1 amide bonds. The summed E-state index contributed by atoms with van der Waals surface area (Å²) in [7, 11) is 1.50. The summed E-state index contributed by atoms with van der Waals surface area (Å²) in [5.41, 5.74) is 2.12. The molecule has 2 rings (SSSR count). The van der Waals surface area contributed by atoms with Gasteiger partial charge in [-0.05, 0) is 19.1 Å². The Bertz CT molecular complexity index is 699. The van der Waals surface area contributed by atoms with Gasteiger partial charge in [-0.15, -0.1) is 5.10 Å². The summed E-state index contributed by atoms with van der Waals surface area (Å²) >= 11 is 0. The Hall–Kier alpha value is -2.74. The molecule has 0 unspecified atom stereocenters. The Morgan fingerprint density at radius 1 is 1.29 bits per heavy atom. The second-order valence-electron chi connectivity index (χ2n) is 5.25. The molecule has 0 aliphatic rings. The van der Waals surface area contributed by atoms with Crippen LogP contribution in [0.5, 0.6) is 0 Å². The van der Waals surface area contributed by atoms with Gasteiger partial charge in [0.1, 0.15) is 6.54 Å². The number of carboxylic acids is 1. The number of benzene rings is 1. The van der Waals surface area contributed by atoms with Crippen LogP contribution >= 0.6 is 0 Å². The summed E-state index contributed by atoms with van der Waals surface area (Å²) in [6.07, 6.45) is -0.00430. The third-order valence-corrected chi connectivity index (χ3v) is 3.55. The normalized spacial score (nSPS) is 10.6. The number of para-hydroxylation sites is 1. The van der Waals surface area contributed by atoms with E-state index in [1.807, 2.05) is 37.3 Å². The quantitative estimate of drug-likeness (QED) is 0.763. The Labute approximate surface area is 139 Å². The first-order chi connectivity index (χ1) is 11.5. The third-order valence-electron chi connectivity index (χ3n) is 3.55. The van der Waals surface area contributed by atoms with Crippen molar-refractivity contribution in [2.24, 2.45) is 0 Å². The zero-order valence-electron chi connectivity index (χ0n) is 13.7. The molecule has 0 atom stereocenters. The van der Waals surface area contributed by atoms with Crippen molar-refractivity contribution >= 4 is 11.9 Å². The fourth-order valence-corrected chi connectivity index (χ4v) is 2.25. The molecule has 0 spiro atoms. The van der Waals surface area contributed by atoms with Crippen LogP contribution in [-0.2, 0) is 20.7 Å². The molecule has 0 fully saturated rings. The largest absolute Gasteiger partial charge is 0.480 e. The molecule has 0 radical (unpaired) electrons. The highest BCUT2D eigenvalue weighted by atomic mass is 16.5. The molecule has 0 aliphatic heterocycles. The molecule has 128 valence electrons. The number of aromatic nitrogens is 3. The number of aliphatic carboxylic acids is 1. The first-order valence-electron chi connectivity index (χ1n) is 7.48. The second-order valence-corrected chi connectivity index (χ2v) is 5.25. The van der Waals surface area contributed by atoms with E-state index in [0.717, 1.165) is 11.4 Å². The minimum absolute atomic E-state index is 0.00430. The van der Waals surface area contributed by atoms with Crippen LogP contribution in [0.1, 0.15) is 11.4 Å². The predicted octanol–water partition coefficient (Wildman–Crippen LogP) is 0.678. The number of rotatable bonds is 8. The van der Waals surface area contributed by atoms with E-state index < -0.39 is 5.97 Å². The van der Waals surface area contributed by atoms with Crippen LogP contribution in [0.15, 0.2) is 30.3 Å². The molecular weight excluding hydrogens is 312 g/mol. The number of methoxy groups -OCH3 is 1. The maximum Gasteiger partial charge on any atom is 0.323 e. The molecular formula is C16H20N4O4. The van der Waals surface area contributed by atoms with Crippen LogP contribution < -0.4 is 0 Å². The lowest BCUT2D eigenvalue weighted by Crippen LogP contribution is -2.39. The van der Waals surface area contributed by atoms with Crippen LogP contribution in [-0.4, -0.2) is 63.7 Å². The highest BCUT2D eigenvalue weighted by Gasteiger charge is 2.20. The van der Waals surface area contributed by atoms with Crippen LogP contribution in [0.2, 0.25) is 0 Å². The van der Waals surface area contributed by atoms with Gasteiger partial charge in [0.25, 0.3) is 0 Å². The monoisotopic (exact) mass is 332 g/mol. The molecule has 8 nitrogen and oxygen atoms in total. The van der Waals surface area contributed by atoms with Crippen molar-refractivity contribution in [1.29, 1.82) is 0 Å². The lowest BCUT2D eigenvalue weighted by Gasteiger charge is -2.19. The molecule has 0 saturated carbocycles. The van der Waals surface area contributed by atoms with Crippen molar-refractivity contribution in [2.75, 3.05) is 26.8 Å². The number of carbonyl (C=O) groups excluding carboxylic acids is 1. The van der Waals surface area contributed by atoms with Crippen molar-refractivity contribution in [3.05, 3.63) is 41.7 Å². The number of nitrogens with zero attached hydrogens (tertiary/aromatic N) is 4. The van der Waals surface area contributed by atoms with E-state index in [0.29, 0.717) is 5.69 Å². The van der Waals surface area contributed by atoms with Gasteiger partial charge in [0.2, 0.25) is 5.91 Å². The topological polar surface area (TPSA) is 97.6 Å². The lowest BCUT2D eigenvalue weighted by atomic mass is 10.2. The van der Waals surface area contributed by atoms with Crippen molar-refractivity contribution in [1.82, 2.24) is 19.9 Å². The molecule has 2 aromatic rings. The smallest absolute Gasteiger partial charge is 0.323 e. The number of hydrogen-bond donors (Lipinski definition) is 1. The Balaban J connectivity index is 2.13. The van der Waals surface area contributed by atoms with Gasteiger partial charge in [-0.25, -0.2) is 4.68 Å². The lowest BCUT2D eigenvalue weighted by molar-refractivity contribution is -0.144. The average molecular weight is 332 g/mol. The van der Waals surface area contributed by atoms with E-state index in [2.05, 4.69) is 10.3 Å². The van der Waals surface area contributed by atoms with Crippen molar-refractivity contribution in [3.63, 3.8) is 0 Å². The highest BCUT2D eigenvalue weighted by molar-refractivity contribution is 5.82. The summed E-state index contributed by atoms with van der Waals surface area (Å²) in [4.78, 5) is 24.5. The fourth-order valence-electron chi connectivity index (χ4n) is 2.25. The van der Waals surface area contributed by atoms with Crippen LogP contribution in [0.25, 0.3) is 5.69 Å². The van der Waals surface area contributed by atoms with Crippen LogP contribution in [0.4, 0.5) is 0 Å². The summed E-state index contributed by atoms with van der Waals surface area (Å²) in [5, 5.41) is 17.1. The molecule has 1 aromatic carbocycles. The van der Waals surface area contributed by atoms with Crippen molar-refractivity contribution < 1.29 is 19.4 Å². The molecule has 1 aromatic heterocycles. The van der Waals surface area contributed by atoms with E-state index in [1.165, 1.54) is 12.0 Å². The molecule has 0 bridgehead atoms. The number of ether oxygens (including phenoxy) is 1. The summed E-state index contributed by atoms with van der Waals surface area (Å²) in [5.74, 6) is -1.39. The van der Waals surface area contributed by atoms with Gasteiger partial charge in [0.05, 0.1) is 30.1 Å². The van der Waals surface area contributed by atoms with Crippen LogP contribution in [0, 0.1) is 6.92 Å². The van der Waals surface area contributed by atoms with Gasteiger partial charge in [0, 0.05) is 13.7 Å². The van der Waals surface area contributed by atoms with Gasteiger partial charge in [-0.2, -0.15) is 0 Å². The van der Waals surface area contributed by atoms with E-state index in [4.69, 9.17) is 9.84 Å². The van der Waals surface area contributed by atoms with E-state index in [1.54, 1.807) is 4.68 Å². The molecule has 8 heteroatoms. The van der Waals surface area contributed by atoms with E-state index in [-0.39, 0.29) is 32.0 Å². The van der Waals surface area contributed by atoms with Crippen molar-refractivity contribution in [3.8, 4) is 5.69 Å². The Morgan fingerprint density at radius 3 is 2.62 bits per heavy atom. The molecule has 0 aliphatic carbocycles. The SMILES string of the molecule is COCCN(CC(=O)O)C(=O)Cc1nnn(-c2ccccc2)c1C. The zero-order valence-corrected chi connectivity index (χ0v) is 13.7. The Morgan fingerprint density at radius 2 is 2.00 bits per heavy atom. The summed E-state index contributed by atoms with van der Waals surface area (Å²) in [6.45, 7) is 1.95. The van der Waals surface area contributed by atoms with E-state index >= 15 is 0 Å². The second kappa shape index (κ2) is 8.21. The third kappa shape index (κ3) is 4.39. The number of amides is 1. The van der Waals surface area contributed by atoms with Gasteiger partial charge in [-0.3, -0.25) is 9.59 Å². The van der Waals surface area contributed by atoms with Crippen molar-refractivity contribution in [2.45, 2.75) is 13.3 Å². The Kier molecular flexibility index (Phi) is 6.02. The minimum Gasteiger partial charge on any atom is -0.480 e. The van der Waals surface area contributed by atoms with Gasteiger partial charge < -0.3 is 14.7 Å². The summed E-state index contributed by atoms with van der Waals surface area (Å²) in [6, 6.07) is 9.46. The molecule has 24 heavy (non-hydrogen) atoms. The number of carboxylic acid groups (broad SMARTS) is 1. The molecule has 1 heterocycles. The zero-order chi connectivity index (χ0) is 17.5. The minimum atomic E-state index is -1.07. The number of carbonyl (C=O) groups is 2. The molecule has 1 N–H and O–H groups in total. The highest BCUT2D eigenvalue weighted by Crippen LogP contribution is 2.13. The maximum absolute atomic E-state index is 12.4. The number of hydrogen-bond acceptors (Lipinski definition) is 5. The van der Waals surface area contributed by atoms with Gasteiger partial charge in [0.15, 0.2) is 0 Å². The first-order valence-corrected chi connectivity index (χ1v) is 7.48.